The van der Waals surface area contributed by atoms with Gasteiger partial charge in [0.05, 0.1) is 10.5 Å². The topological polar surface area (TPSA) is 86.5 Å². The third-order valence-electron chi connectivity index (χ3n) is 2.63. The zero-order chi connectivity index (χ0) is 15.5. The van der Waals surface area contributed by atoms with Crippen LogP contribution in [0.1, 0.15) is 31.1 Å². The zero-order valence-electron chi connectivity index (χ0n) is 11.5. The number of rotatable bonds is 3. The van der Waals surface area contributed by atoms with Crippen LogP contribution in [-0.4, -0.2) is 16.9 Å². The minimum atomic E-state index is -0.941. The molecule has 0 bridgehead atoms. The molecule has 0 aliphatic heterocycles. The van der Waals surface area contributed by atoms with Gasteiger partial charge in [-0.05, 0) is 11.5 Å². The molecule has 0 unspecified atom stereocenters. The number of nitro benzene ring substituents is 1. The van der Waals surface area contributed by atoms with E-state index in [2.05, 4.69) is 11.3 Å². The molecule has 0 heterocycles. The number of benzene rings is 1. The van der Waals surface area contributed by atoms with E-state index in [1.165, 1.54) is 18.2 Å². The molecule has 0 aromatic heterocycles. The Labute approximate surface area is 116 Å². The molecule has 0 radical (unpaired) electrons. The average molecular weight is 277 g/mol. The maximum Gasteiger partial charge on any atom is 0.346 e. The van der Waals surface area contributed by atoms with Crippen molar-refractivity contribution in [2.24, 2.45) is 5.41 Å². The molecule has 0 fully saturated rings. The molecule has 0 amide bonds. The van der Waals surface area contributed by atoms with Gasteiger partial charge in [0.2, 0.25) is 0 Å². The highest BCUT2D eigenvalue weighted by Crippen LogP contribution is 2.25. The summed E-state index contributed by atoms with van der Waals surface area (Å²) in [6.07, 6.45) is 0. The molecule has 6 nitrogen and oxygen atoms in total. The molecule has 0 spiro atoms. The quantitative estimate of drug-likeness (QED) is 0.279. The zero-order valence-corrected chi connectivity index (χ0v) is 11.5. The van der Waals surface area contributed by atoms with Crippen molar-refractivity contribution in [2.45, 2.75) is 20.8 Å². The van der Waals surface area contributed by atoms with Gasteiger partial charge in [0.1, 0.15) is 0 Å². The minimum absolute atomic E-state index is 0.0609. The number of hydrogen-bond acceptors (Lipinski definition) is 5. The third-order valence-corrected chi connectivity index (χ3v) is 2.63. The second-order valence-electron chi connectivity index (χ2n) is 5.21. The number of esters is 2. The van der Waals surface area contributed by atoms with Gasteiger partial charge in [-0.3, -0.25) is 10.1 Å². The lowest BCUT2D eigenvalue weighted by atomic mass is 9.88. The van der Waals surface area contributed by atoms with E-state index >= 15 is 0 Å². The van der Waals surface area contributed by atoms with E-state index in [0.29, 0.717) is 0 Å². The highest BCUT2D eigenvalue weighted by molar-refractivity contribution is 6.02. The van der Waals surface area contributed by atoms with Gasteiger partial charge in [-0.15, -0.1) is 0 Å². The van der Waals surface area contributed by atoms with Gasteiger partial charge in [-0.1, -0.05) is 33.4 Å². The van der Waals surface area contributed by atoms with Crippen molar-refractivity contribution < 1.29 is 19.2 Å². The Balaban J connectivity index is 2.87. The summed E-state index contributed by atoms with van der Waals surface area (Å²) in [5.74, 6) is -1.78. The summed E-state index contributed by atoms with van der Waals surface area (Å²) in [6, 6.07) is 4.97. The van der Waals surface area contributed by atoms with Crippen molar-refractivity contribution >= 4 is 17.6 Å². The lowest BCUT2D eigenvalue weighted by Crippen LogP contribution is -2.22. The van der Waals surface area contributed by atoms with Crippen LogP contribution in [0.5, 0.6) is 0 Å². The largest absolute Gasteiger partial charge is 0.386 e. The molecular formula is C14H15NO5. The van der Waals surface area contributed by atoms with Crippen LogP contribution in [0.15, 0.2) is 36.4 Å². The first-order valence-corrected chi connectivity index (χ1v) is 5.83. The Hall–Kier alpha value is -2.50. The molecule has 0 saturated heterocycles. The van der Waals surface area contributed by atoms with Crippen LogP contribution >= 0.6 is 0 Å². The molecule has 0 aliphatic rings. The molecule has 0 atom stereocenters. The molecule has 6 heteroatoms. The summed E-state index contributed by atoms with van der Waals surface area (Å²) >= 11 is 0. The standard InChI is InChI=1S/C14H15NO5/c1-9(14(2,3)4)12(16)20-13(17)10-6-5-7-11(8-10)15(18)19/h5-8H,1H2,2-4H3. The van der Waals surface area contributed by atoms with Crippen LogP contribution in [0.25, 0.3) is 0 Å². The molecule has 0 saturated carbocycles. The Morgan fingerprint density at radius 1 is 1.30 bits per heavy atom. The highest BCUT2D eigenvalue weighted by atomic mass is 16.6. The van der Waals surface area contributed by atoms with E-state index in [4.69, 9.17) is 0 Å². The van der Waals surface area contributed by atoms with Gasteiger partial charge in [0.25, 0.3) is 5.69 Å². The van der Waals surface area contributed by atoms with Crippen LogP contribution in [-0.2, 0) is 9.53 Å². The highest BCUT2D eigenvalue weighted by Gasteiger charge is 2.25. The molecule has 1 aromatic rings. The van der Waals surface area contributed by atoms with E-state index in [1.54, 1.807) is 20.8 Å². The number of carbonyl (C=O) groups is 2. The minimum Gasteiger partial charge on any atom is -0.386 e. The summed E-state index contributed by atoms with van der Waals surface area (Å²) in [5.41, 5.74) is -0.688. The summed E-state index contributed by atoms with van der Waals surface area (Å²) in [5, 5.41) is 10.6. The molecule has 20 heavy (non-hydrogen) atoms. The number of nitrogens with zero attached hydrogens (tertiary/aromatic N) is 1. The molecule has 1 rings (SSSR count). The molecule has 0 N–H and O–H groups in total. The van der Waals surface area contributed by atoms with Crippen molar-refractivity contribution in [2.75, 3.05) is 0 Å². The van der Waals surface area contributed by atoms with E-state index in [-0.39, 0.29) is 16.8 Å². The van der Waals surface area contributed by atoms with Gasteiger partial charge in [-0.2, -0.15) is 0 Å². The maximum atomic E-state index is 11.8. The first-order valence-electron chi connectivity index (χ1n) is 5.83. The summed E-state index contributed by atoms with van der Waals surface area (Å²) in [6.45, 7) is 8.86. The predicted molar refractivity (Wildman–Crippen MR) is 72.1 cm³/mol. The smallest absolute Gasteiger partial charge is 0.346 e. The van der Waals surface area contributed by atoms with E-state index < -0.39 is 22.3 Å². The van der Waals surface area contributed by atoms with Gasteiger partial charge < -0.3 is 4.74 Å². The fourth-order valence-corrected chi connectivity index (χ4v) is 1.26. The Bertz CT molecular complexity index is 583. The lowest BCUT2D eigenvalue weighted by molar-refractivity contribution is -0.384. The van der Waals surface area contributed by atoms with Crippen molar-refractivity contribution in [1.29, 1.82) is 0 Å². The average Bonchev–Trinajstić information content (AvgIpc) is 2.36. The van der Waals surface area contributed by atoms with Crippen molar-refractivity contribution in [1.82, 2.24) is 0 Å². The van der Waals surface area contributed by atoms with Gasteiger partial charge in [0, 0.05) is 17.7 Å². The second kappa shape index (κ2) is 5.64. The fraction of sp³-hybridized carbons (Fsp3) is 0.286. The van der Waals surface area contributed by atoms with E-state index in [9.17, 15) is 19.7 Å². The maximum absolute atomic E-state index is 11.8. The van der Waals surface area contributed by atoms with E-state index in [0.717, 1.165) is 6.07 Å². The lowest BCUT2D eigenvalue weighted by Gasteiger charge is -2.19. The molecular weight excluding hydrogens is 262 g/mol. The number of non-ortho nitro benzene ring substituents is 1. The van der Waals surface area contributed by atoms with Gasteiger partial charge >= 0.3 is 11.9 Å². The third kappa shape index (κ3) is 3.74. The number of carbonyl (C=O) groups excluding carboxylic acids is 2. The molecule has 1 aromatic carbocycles. The van der Waals surface area contributed by atoms with Crippen molar-refractivity contribution in [3.8, 4) is 0 Å². The Morgan fingerprint density at radius 3 is 2.40 bits per heavy atom. The number of nitro groups is 1. The normalized spacial score (nSPS) is 10.8. The SMILES string of the molecule is C=C(C(=O)OC(=O)c1cccc([N+](=O)[O-])c1)C(C)(C)C. The monoisotopic (exact) mass is 277 g/mol. The van der Waals surface area contributed by atoms with Crippen LogP contribution in [0.2, 0.25) is 0 Å². The van der Waals surface area contributed by atoms with Crippen LogP contribution in [0, 0.1) is 15.5 Å². The van der Waals surface area contributed by atoms with Crippen LogP contribution in [0.3, 0.4) is 0 Å². The van der Waals surface area contributed by atoms with Crippen molar-refractivity contribution in [3.63, 3.8) is 0 Å². The number of ether oxygens (including phenoxy) is 1. The summed E-state index contributed by atoms with van der Waals surface area (Å²) < 4.78 is 4.66. The first kappa shape index (κ1) is 15.6. The second-order valence-corrected chi connectivity index (χ2v) is 5.21. The van der Waals surface area contributed by atoms with Crippen molar-refractivity contribution in [3.05, 3.63) is 52.1 Å². The summed E-state index contributed by atoms with van der Waals surface area (Å²) in [7, 11) is 0. The Kier molecular flexibility index (Phi) is 4.39. The number of hydrogen-bond donors (Lipinski definition) is 0. The van der Waals surface area contributed by atoms with E-state index in [1.807, 2.05) is 0 Å². The van der Waals surface area contributed by atoms with Gasteiger partial charge in [-0.25, -0.2) is 9.59 Å². The first-order chi connectivity index (χ1) is 9.12. The summed E-state index contributed by atoms with van der Waals surface area (Å²) in [4.78, 5) is 33.4. The molecule has 0 aliphatic carbocycles. The predicted octanol–water partition coefficient (Wildman–Crippen LogP) is 2.88. The molecule has 106 valence electrons. The Morgan fingerprint density at radius 2 is 1.90 bits per heavy atom. The fourth-order valence-electron chi connectivity index (χ4n) is 1.26. The van der Waals surface area contributed by atoms with Gasteiger partial charge in [0.15, 0.2) is 0 Å². The van der Waals surface area contributed by atoms with Crippen LogP contribution in [0.4, 0.5) is 5.69 Å². The van der Waals surface area contributed by atoms with Crippen LogP contribution < -0.4 is 0 Å².